The first-order valence-corrected chi connectivity index (χ1v) is 7.71. The highest BCUT2D eigenvalue weighted by Gasteiger charge is 2.26. The van der Waals surface area contributed by atoms with Gasteiger partial charge in [0.25, 0.3) is 0 Å². The number of hydrogen-bond donors (Lipinski definition) is 1. The van der Waals surface area contributed by atoms with Crippen molar-refractivity contribution in [1.29, 1.82) is 0 Å². The molecule has 0 aromatic rings. The van der Waals surface area contributed by atoms with Crippen LogP contribution in [0.15, 0.2) is 0 Å². The van der Waals surface area contributed by atoms with Gasteiger partial charge < -0.3 is 15.1 Å². The van der Waals surface area contributed by atoms with Gasteiger partial charge in [0.2, 0.25) is 0 Å². The average molecular weight is 255 g/mol. The molecule has 1 saturated heterocycles. The van der Waals surface area contributed by atoms with Crippen molar-refractivity contribution in [3.8, 4) is 0 Å². The summed E-state index contributed by atoms with van der Waals surface area (Å²) in [5.74, 6) is 0. The lowest BCUT2D eigenvalue weighted by Gasteiger charge is -2.35. The minimum absolute atomic E-state index is 0.438. The van der Waals surface area contributed by atoms with Crippen LogP contribution in [0.3, 0.4) is 0 Å². The van der Waals surface area contributed by atoms with E-state index >= 15 is 0 Å². The fraction of sp³-hybridized carbons (Fsp3) is 1.00. The number of nitrogens with zero attached hydrogens (tertiary/aromatic N) is 2. The predicted octanol–water partition coefficient (Wildman–Crippen LogP) is 2.04. The lowest BCUT2D eigenvalue weighted by molar-refractivity contribution is 0.153. The van der Waals surface area contributed by atoms with E-state index in [0.717, 1.165) is 13.1 Å². The van der Waals surface area contributed by atoms with Crippen molar-refractivity contribution < 1.29 is 0 Å². The molecule has 18 heavy (non-hydrogen) atoms. The molecule has 1 N–H and O–H groups in total. The van der Waals surface area contributed by atoms with Gasteiger partial charge in [-0.05, 0) is 44.9 Å². The van der Waals surface area contributed by atoms with Crippen LogP contribution in [0.1, 0.15) is 40.0 Å². The van der Waals surface area contributed by atoms with Crippen LogP contribution in [0.4, 0.5) is 0 Å². The van der Waals surface area contributed by atoms with Gasteiger partial charge in [-0.25, -0.2) is 0 Å². The van der Waals surface area contributed by atoms with Gasteiger partial charge in [-0.1, -0.05) is 27.2 Å². The minimum atomic E-state index is 0.438. The molecule has 0 amide bonds. The largest absolute Gasteiger partial charge is 0.316 e. The van der Waals surface area contributed by atoms with Gasteiger partial charge in [0.1, 0.15) is 0 Å². The Balaban J connectivity index is 2.47. The Morgan fingerprint density at radius 2 is 1.89 bits per heavy atom. The molecule has 1 aliphatic heterocycles. The van der Waals surface area contributed by atoms with E-state index in [2.05, 4.69) is 42.9 Å². The Bertz CT molecular complexity index is 220. The predicted molar refractivity (Wildman–Crippen MR) is 80.1 cm³/mol. The standard InChI is InChI=1S/C15H33N3/c1-5-8-15(3,13-16-6-2)14-18-10-7-9-17(4)11-12-18/h16H,5-14H2,1-4H3. The van der Waals surface area contributed by atoms with Crippen molar-refractivity contribution >= 4 is 0 Å². The first kappa shape index (κ1) is 15.9. The van der Waals surface area contributed by atoms with Gasteiger partial charge >= 0.3 is 0 Å². The summed E-state index contributed by atoms with van der Waals surface area (Å²) < 4.78 is 0. The first-order valence-electron chi connectivity index (χ1n) is 7.71. The van der Waals surface area contributed by atoms with E-state index in [1.54, 1.807) is 0 Å². The molecule has 1 aliphatic rings. The third-order valence-corrected chi connectivity index (χ3v) is 4.07. The Kier molecular flexibility index (Phi) is 7.20. The summed E-state index contributed by atoms with van der Waals surface area (Å²) in [7, 11) is 2.24. The summed E-state index contributed by atoms with van der Waals surface area (Å²) in [6.07, 6.45) is 3.93. The van der Waals surface area contributed by atoms with Crippen molar-refractivity contribution in [2.24, 2.45) is 5.41 Å². The molecular formula is C15H33N3. The molecule has 0 saturated carbocycles. The van der Waals surface area contributed by atoms with Crippen LogP contribution < -0.4 is 5.32 Å². The Hall–Kier alpha value is -0.120. The van der Waals surface area contributed by atoms with E-state index in [9.17, 15) is 0 Å². The van der Waals surface area contributed by atoms with Crippen molar-refractivity contribution in [2.75, 3.05) is 52.9 Å². The van der Waals surface area contributed by atoms with Crippen molar-refractivity contribution in [3.05, 3.63) is 0 Å². The fourth-order valence-electron chi connectivity index (χ4n) is 3.05. The molecule has 0 bridgehead atoms. The van der Waals surface area contributed by atoms with Crippen molar-refractivity contribution in [1.82, 2.24) is 15.1 Å². The highest BCUT2D eigenvalue weighted by Crippen LogP contribution is 2.24. The van der Waals surface area contributed by atoms with Crippen LogP contribution in [-0.4, -0.2) is 62.7 Å². The third-order valence-electron chi connectivity index (χ3n) is 4.07. The lowest BCUT2D eigenvalue weighted by atomic mass is 9.84. The molecule has 0 aromatic carbocycles. The summed E-state index contributed by atoms with van der Waals surface area (Å²) >= 11 is 0. The normalized spacial score (nSPS) is 22.7. The summed E-state index contributed by atoms with van der Waals surface area (Å²) in [6, 6.07) is 0. The van der Waals surface area contributed by atoms with E-state index in [-0.39, 0.29) is 0 Å². The third kappa shape index (κ3) is 5.68. The zero-order chi connectivity index (χ0) is 13.4. The van der Waals surface area contributed by atoms with Gasteiger partial charge in [-0.2, -0.15) is 0 Å². The van der Waals surface area contributed by atoms with Crippen LogP contribution >= 0.6 is 0 Å². The number of nitrogens with one attached hydrogen (secondary N) is 1. The molecule has 0 spiro atoms. The molecular weight excluding hydrogens is 222 g/mol. The topological polar surface area (TPSA) is 18.5 Å². The molecule has 0 radical (unpaired) electrons. The van der Waals surface area contributed by atoms with Crippen LogP contribution in [0, 0.1) is 5.41 Å². The van der Waals surface area contributed by atoms with Gasteiger partial charge in [-0.15, -0.1) is 0 Å². The van der Waals surface area contributed by atoms with E-state index in [0.29, 0.717) is 5.41 Å². The summed E-state index contributed by atoms with van der Waals surface area (Å²) in [5, 5.41) is 3.55. The molecule has 3 heteroatoms. The quantitative estimate of drug-likeness (QED) is 0.751. The molecule has 1 atom stereocenters. The minimum Gasteiger partial charge on any atom is -0.316 e. The Morgan fingerprint density at radius 3 is 2.56 bits per heavy atom. The SMILES string of the molecule is CCCC(C)(CNCC)CN1CCCN(C)CC1. The van der Waals surface area contributed by atoms with Crippen LogP contribution in [0.2, 0.25) is 0 Å². The van der Waals surface area contributed by atoms with Crippen molar-refractivity contribution in [3.63, 3.8) is 0 Å². The fourth-order valence-corrected chi connectivity index (χ4v) is 3.05. The number of hydrogen-bond acceptors (Lipinski definition) is 3. The van der Waals surface area contributed by atoms with E-state index in [1.165, 1.54) is 52.0 Å². The Labute approximate surface area is 114 Å². The first-order chi connectivity index (χ1) is 8.59. The lowest BCUT2D eigenvalue weighted by Crippen LogP contribution is -2.43. The van der Waals surface area contributed by atoms with Crippen LogP contribution in [0.5, 0.6) is 0 Å². The molecule has 1 fully saturated rings. The number of rotatable bonds is 7. The van der Waals surface area contributed by atoms with Gasteiger partial charge in [0, 0.05) is 26.2 Å². The van der Waals surface area contributed by atoms with Gasteiger partial charge in [-0.3, -0.25) is 0 Å². The second-order valence-electron chi connectivity index (χ2n) is 6.27. The molecule has 1 rings (SSSR count). The monoisotopic (exact) mass is 255 g/mol. The highest BCUT2D eigenvalue weighted by molar-refractivity contribution is 4.82. The molecule has 1 unspecified atom stereocenters. The maximum absolute atomic E-state index is 3.55. The maximum atomic E-state index is 3.55. The molecule has 0 aromatic heterocycles. The highest BCUT2D eigenvalue weighted by atomic mass is 15.2. The van der Waals surface area contributed by atoms with Crippen LogP contribution in [-0.2, 0) is 0 Å². The Morgan fingerprint density at radius 1 is 1.11 bits per heavy atom. The van der Waals surface area contributed by atoms with Crippen molar-refractivity contribution in [2.45, 2.75) is 40.0 Å². The van der Waals surface area contributed by atoms with Gasteiger partial charge in [0.05, 0.1) is 0 Å². The second kappa shape index (κ2) is 8.13. The smallest absolute Gasteiger partial charge is 0.0109 e. The van der Waals surface area contributed by atoms with E-state index in [4.69, 9.17) is 0 Å². The molecule has 1 heterocycles. The summed E-state index contributed by atoms with van der Waals surface area (Å²) in [5.41, 5.74) is 0.438. The zero-order valence-electron chi connectivity index (χ0n) is 13.0. The second-order valence-corrected chi connectivity index (χ2v) is 6.27. The van der Waals surface area contributed by atoms with Crippen LogP contribution in [0.25, 0.3) is 0 Å². The van der Waals surface area contributed by atoms with E-state index in [1.807, 2.05) is 0 Å². The number of likely N-dealkylation sites (N-methyl/N-ethyl adjacent to an activating group) is 1. The molecule has 0 aliphatic carbocycles. The molecule has 3 nitrogen and oxygen atoms in total. The van der Waals surface area contributed by atoms with E-state index < -0.39 is 0 Å². The molecule has 108 valence electrons. The maximum Gasteiger partial charge on any atom is 0.0109 e. The summed E-state index contributed by atoms with van der Waals surface area (Å²) in [6.45, 7) is 15.4. The zero-order valence-corrected chi connectivity index (χ0v) is 13.0. The summed E-state index contributed by atoms with van der Waals surface area (Å²) in [4.78, 5) is 5.14. The average Bonchev–Trinajstić information content (AvgIpc) is 2.52. The van der Waals surface area contributed by atoms with Gasteiger partial charge in [0.15, 0.2) is 0 Å².